The van der Waals surface area contributed by atoms with Crippen LogP contribution in [0.15, 0.2) is 65.7 Å². The fourth-order valence-corrected chi connectivity index (χ4v) is 6.26. The van der Waals surface area contributed by atoms with Crippen molar-refractivity contribution in [2.24, 2.45) is 5.41 Å². The van der Waals surface area contributed by atoms with Crippen LogP contribution in [0.5, 0.6) is 5.75 Å². The molecule has 0 bridgehead atoms. The third-order valence-corrected chi connectivity index (χ3v) is 8.62. The highest BCUT2D eigenvalue weighted by molar-refractivity contribution is 7.92. The highest BCUT2D eigenvalue weighted by Gasteiger charge is 2.23. The lowest BCUT2D eigenvalue weighted by Crippen LogP contribution is -2.17. The van der Waals surface area contributed by atoms with Gasteiger partial charge < -0.3 is 9.64 Å². The molecule has 0 aliphatic carbocycles. The third-order valence-electron chi connectivity index (χ3n) is 6.23. The van der Waals surface area contributed by atoms with Crippen LogP contribution >= 0.6 is 11.3 Å². The Morgan fingerprint density at radius 1 is 0.949 bits per heavy atom. The summed E-state index contributed by atoms with van der Waals surface area (Å²) in [5.41, 5.74) is 4.94. The number of thiazole rings is 1. The average molecular weight is 565 g/mol. The second-order valence-electron chi connectivity index (χ2n) is 11.0. The molecule has 0 saturated heterocycles. The van der Waals surface area contributed by atoms with Crippen molar-refractivity contribution in [2.45, 2.75) is 46.1 Å². The molecular weight excluding hydrogens is 528 g/mol. The number of rotatable bonds is 9. The molecule has 1 N–H and O–H groups in total. The molecular formula is C30H36N4O3S2. The van der Waals surface area contributed by atoms with Crippen LogP contribution < -0.4 is 14.4 Å². The number of aromatic nitrogens is 2. The average Bonchev–Trinajstić information content (AvgIpc) is 3.26. The van der Waals surface area contributed by atoms with E-state index in [9.17, 15) is 8.42 Å². The van der Waals surface area contributed by atoms with Gasteiger partial charge in [0.15, 0.2) is 10.2 Å². The van der Waals surface area contributed by atoms with E-state index in [1.165, 1.54) is 17.4 Å². The molecule has 0 fully saturated rings. The molecule has 4 aromatic rings. The molecule has 2 heterocycles. The van der Waals surface area contributed by atoms with Crippen LogP contribution in [0.4, 0.5) is 10.9 Å². The molecule has 4 rings (SSSR count). The third kappa shape index (κ3) is 6.96. The molecule has 9 heteroatoms. The van der Waals surface area contributed by atoms with Crippen LogP contribution in [0.3, 0.4) is 0 Å². The van der Waals surface area contributed by atoms with Gasteiger partial charge in [-0.05, 0) is 66.6 Å². The number of nitrogens with zero attached hydrogens (tertiary/aromatic N) is 3. The minimum atomic E-state index is -3.96. The summed E-state index contributed by atoms with van der Waals surface area (Å²) in [5.74, 6) is 1.32. The summed E-state index contributed by atoms with van der Waals surface area (Å²) in [6.45, 7) is 11.3. The van der Waals surface area contributed by atoms with Gasteiger partial charge in [-0.25, -0.2) is 9.97 Å². The van der Waals surface area contributed by atoms with E-state index in [0.29, 0.717) is 12.4 Å². The largest absolute Gasteiger partial charge is 0.494 e. The molecule has 39 heavy (non-hydrogen) atoms. The highest BCUT2D eigenvalue weighted by Crippen LogP contribution is 2.42. The zero-order chi connectivity index (χ0) is 28.4. The molecule has 2 aromatic heterocycles. The Labute approximate surface area is 236 Å². The quantitative estimate of drug-likeness (QED) is 0.232. The van der Waals surface area contributed by atoms with Gasteiger partial charge >= 0.3 is 0 Å². The minimum Gasteiger partial charge on any atom is -0.494 e. The number of pyridine rings is 1. The van der Waals surface area contributed by atoms with Crippen molar-refractivity contribution in [3.8, 4) is 27.4 Å². The van der Waals surface area contributed by atoms with Crippen molar-refractivity contribution in [3.05, 3.63) is 71.8 Å². The lowest BCUT2D eigenvalue weighted by Gasteiger charge is -2.18. The molecule has 0 amide bonds. The molecule has 0 aliphatic rings. The van der Waals surface area contributed by atoms with Crippen molar-refractivity contribution >= 4 is 32.3 Å². The number of anilines is 2. The number of hydrogen-bond donors (Lipinski definition) is 1. The molecule has 0 saturated carbocycles. The summed E-state index contributed by atoms with van der Waals surface area (Å²) in [4.78, 5) is 11.7. The Balaban J connectivity index is 1.75. The van der Waals surface area contributed by atoms with Crippen molar-refractivity contribution in [2.75, 3.05) is 30.3 Å². The van der Waals surface area contributed by atoms with E-state index in [1.807, 2.05) is 70.4 Å². The molecule has 0 unspecified atom stereocenters. The first kappa shape index (κ1) is 28.6. The fraction of sp³-hybridized carbons (Fsp3) is 0.333. The number of nitrogens with one attached hydrogen (secondary N) is 1. The fourth-order valence-electron chi connectivity index (χ4n) is 4.09. The van der Waals surface area contributed by atoms with E-state index in [4.69, 9.17) is 9.72 Å². The topological polar surface area (TPSA) is 84.4 Å². The van der Waals surface area contributed by atoms with Crippen LogP contribution in [0.2, 0.25) is 0 Å². The second-order valence-corrected chi connectivity index (χ2v) is 13.6. The van der Waals surface area contributed by atoms with Crippen molar-refractivity contribution in [1.82, 2.24) is 9.97 Å². The molecule has 0 spiro atoms. The van der Waals surface area contributed by atoms with Gasteiger partial charge in [-0.15, -0.1) is 0 Å². The highest BCUT2D eigenvalue weighted by atomic mass is 32.2. The first-order chi connectivity index (χ1) is 18.3. The first-order valence-electron chi connectivity index (χ1n) is 12.8. The summed E-state index contributed by atoms with van der Waals surface area (Å²) < 4.78 is 35.4. The lowest BCUT2D eigenvalue weighted by atomic mass is 9.93. The van der Waals surface area contributed by atoms with Crippen LogP contribution in [-0.4, -0.2) is 39.1 Å². The Hall–Kier alpha value is -3.43. The maximum atomic E-state index is 13.3. The van der Waals surface area contributed by atoms with Gasteiger partial charge in [0.25, 0.3) is 10.0 Å². The van der Waals surface area contributed by atoms with Gasteiger partial charge in [0.1, 0.15) is 11.6 Å². The Morgan fingerprint density at radius 3 is 2.28 bits per heavy atom. The van der Waals surface area contributed by atoms with Crippen molar-refractivity contribution in [1.29, 1.82) is 0 Å². The summed E-state index contributed by atoms with van der Waals surface area (Å²) in [6, 6.07) is 18.9. The molecule has 0 aliphatic heterocycles. The molecule has 0 radical (unpaired) electrons. The lowest BCUT2D eigenvalue weighted by molar-refractivity contribution is 0.243. The van der Waals surface area contributed by atoms with E-state index < -0.39 is 10.0 Å². The van der Waals surface area contributed by atoms with Crippen LogP contribution in [-0.2, 0) is 10.0 Å². The Kier molecular flexibility index (Phi) is 8.32. The Bertz CT molecular complexity index is 1550. The van der Waals surface area contributed by atoms with Gasteiger partial charge in [0, 0.05) is 19.7 Å². The standard InChI is InChI=1S/C30H36N4O3S2/c1-20-11-8-12-21(2)26(20)27-28(22-13-9-14-23(19-22)37-18-17-30(3,4)5)38-29(32-27)33-39(35,36)25-16-10-15-24(31-25)34(6)7/h8-16,19H,17-18H2,1-7H3,(H,32,33). The van der Waals surface area contributed by atoms with E-state index in [-0.39, 0.29) is 15.6 Å². The van der Waals surface area contributed by atoms with Crippen LogP contribution in [0.25, 0.3) is 21.7 Å². The zero-order valence-electron chi connectivity index (χ0n) is 23.6. The number of benzene rings is 2. The van der Waals surface area contributed by atoms with Crippen molar-refractivity contribution < 1.29 is 13.2 Å². The molecule has 206 valence electrons. The van der Waals surface area contributed by atoms with E-state index in [2.05, 4.69) is 30.5 Å². The summed E-state index contributed by atoms with van der Waals surface area (Å²) in [5, 5.41) is 0.215. The van der Waals surface area contributed by atoms with Crippen molar-refractivity contribution in [3.63, 3.8) is 0 Å². The SMILES string of the molecule is Cc1cccc(C)c1-c1nc(NS(=O)(=O)c2cccc(N(C)C)n2)sc1-c1cccc(OCCC(C)(C)C)c1. The minimum absolute atomic E-state index is 0.0617. The van der Waals surface area contributed by atoms with Gasteiger partial charge in [0.2, 0.25) is 0 Å². The number of aryl methyl sites for hydroxylation is 2. The van der Waals surface area contributed by atoms with Crippen LogP contribution in [0.1, 0.15) is 38.3 Å². The number of sulfonamides is 1. The van der Waals surface area contributed by atoms with E-state index in [1.54, 1.807) is 17.0 Å². The Morgan fingerprint density at radius 2 is 1.62 bits per heavy atom. The first-order valence-corrected chi connectivity index (χ1v) is 15.1. The maximum Gasteiger partial charge on any atom is 0.281 e. The zero-order valence-corrected chi connectivity index (χ0v) is 25.2. The van der Waals surface area contributed by atoms with Crippen LogP contribution in [0, 0.1) is 19.3 Å². The summed E-state index contributed by atoms with van der Waals surface area (Å²) in [7, 11) is -0.323. The normalized spacial score (nSPS) is 11.9. The van der Waals surface area contributed by atoms with Gasteiger partial charge in [-0.1, -0.05) is 68.5 Å². The number of hydrogen-bond acceptors (Lipinski definition) is 7. The molecule has 7 nitrogen and oxygen atoms in total. The van der Waals surface area contributed by atoms with E-state index >= 15 is 0 Å². The summed E-state index contributed by atoms with van der Waals surface area (Å²) >= 11 is 1.30. The maximum absolute atomic E-state index is 13.3. The van der Waals surface area contributed by atoms with Gasteiger partial charge in [-0.2, -0.15) is 8.42 Å². The molecule has 2 aromatic carbocycles. The number of ether oxygens (including phenoxy) is 1. The molecule has 0 atom stereocenters. The summed E-state index contributed by atoms with van der Waals surface area (Å²) in [6.07, 6.45) is 0.931. The monoisotopic (exact) mass is 564 g/mol. The predicted octanol–water partition coefficient (Wildman–Crippen LogP) is 7.17. The smallest absolute Gasteiger partial charge is 0.281 e. The van der Waals surface area contributed by atoms with Gasteiger partial charge in [0.05, 0.1) is 17.2 Å². The second kappa shape index (κ2) is 11.4. The van der Waals surface area contributed by atoms with E-state index in [0.717, 1.165) is 45.0 Å². The predicted molar refractivity (Wildman–Crippen MR) is 161 cm³/mol. The van der Waals surface area contributed by atoms with Gasteiger partial charge in [-0.3, -0.25) is 4.72 Å².